The minimum atomic E-state index is -3.61. The molecule has 27 heavy (non-hydrogen) atoms. The zero-order chi connectivity index (χ0) is 19.5. The van der Waals surface area contributed by atoms with E-state index < -0.39 is 16.1 Å². The van der Waals surface area contributed by atoms with Gasteiger partial charge in [0, 0.05) is 12.8 Å². The van der Waals surface area contributed by atoms with Crippen molar-refractivity contribution in [2.24, 2.45) is 0 Å². The average molecular weight is 386 g/mol. The van der Waals surface area contributed by atoms with Gasteiger partial charge in [0.15, 0.2) is 0 Å². The Morgan fingerprint density at radius 3 is 2.41 bits per heavy atom. The van der Waals surface area contributed by atoms with Crippen LogP contribution in [0.1, 0.15) is 37.3 Å². The van der Waals surface area contributed by atoms with Gasteiger partial charge in [-0.3, -0.25) is 0 Å². The highest BCUT2D eigenvalue weighted by molar-refractivity contribution is 7.89. The zero-order valence-electron chi connectivity index (χ0n) is 15.9. The van der Waals surface area contributed by atoms with Gasteiger partial charge in [-0.1, -0.05) is 55.0 Å². The largest absolute Gasteiger partial charge is 0.375 e. The summed E-state index contributed by atoms with van der Waals surface area (Å²) in [7, 11) is -3.61. The molecule has 0 bridgehead atoms. The van der Waals surface area contributed by atoms with E-state index in [0.717, 1.165) is 24.0 Å². The van der Waals surface area contributed by atoms with Crippen molar-refractivity contribution < 1.29 is 13.2 Å². The lowest BCUT2D eigenvalue weighted by atomic mass is 10.2. The highest BCUT2D eigenvalue weighted by atomic mass is 32.2. The summed E-state index contributed by atoms with van der Waals surface area (Å²) < 4.78 is 33.8. The summed E-state index contributed by atoms with van der Waals surface area (Å²) in [6, 6.07) is 16.2. The molecule has 1 N–H and O–H groups in total. The molecule has 4 nitrogen and oxygen atoms in total. The molecule has 144 valence electrons. The minimum Gasteiger partial charge on any atom is -0.375 e. The summed E-state index contributed by atoms with van der Waals surface area (Å²) in [5, 5.41) is 0. The first-order valence-corrected chi connectivity index (χ1v) is 10.7. The maximum absolute atomic E-state index is 12.7. The van der Waals surface area contributed by atoms with Gasteiger partial charge in [0.1, 0.15) is 0 Å². The van der Waals surface area contributed by atoms with Gasteiger partial charge >= 0.3 is 0 Å². The number of unbranched alkanes of at least 4 members (excludes halogenated alkanes) is 1. The van der Waals surface area contributed by atoms with Gasteiger partial charge < -0.3 is 4.74 Å². The van der Waals surface area contributed by atoms with Crippen LogP contribution in [0.4, 0.5) is 0 Å². The van der Waals surface area contributed by atoms with E-state index in [2.05, 4.69) is 23.5 Å². The van der Waals surface area contributed by atoms with Gasteiger partial charge in [-0.25, -0.2) is 13.1 Å². The lowest BCUT2D eigenvalue weighted by Gasteiger charge is -2.17. The molecule has 2 aromatic rings. The normalized spacial score (nSPS) is 12.2. The molecule has 0 saturated carbocycles. The number of sulfonamides is 1. The summed E-state index contributed by atoms with van der Waals surface area (Å²) >= 11 is 0. The fourth-order valence-corrected chi connectivity index (χ4v) is 3.66. The van der Waals surface area contributed by atoms with E-state index in [-0.39, 0.29) is 11.5 Å². The van der Waals surface area contributed by atoms with Gasteiger partial charge in [-0.15, -0.1) is 11.8 Å². The highest BCUT2D eigenvalue weighted by Gasteiger charge is 2.19. The van der Waals surface area contributed by atoms with E-state index in [1.165, 1.54) is 0 Å². The van der Waals surface area contributed by atoms with Crippen molar-refractivity contribution in [1.82, 2.24) is 4.72 Å². The molecule has 0 aromatic heterocycles. The lowest BCUT2D eigenvalue weighted by Crippen LogP contribution is -2.38. The Morgan fingerprint density at radius 2 is 1.74 bits per heavy atom. The van der Waals surface area contributed by atoms with E-state index in [1.54, 1.807) is 24.3 Å². The van der Waals surface area contributed by atoms with Gasteiger partial charge in [0.25, 0.3) is 0 Å². The van der Waals surface area contributed by atoms with Crippen molar-refractivity contribution in [2.45, 2.75) is 50.7 Å². The van der Waals surface area contributed by atoms with Crippen molar-refractivity contribution in [3.63, 3.8) is 0 Å². The van der Waals surface area contributed by atoms with E-state index in [0.29, 0.717) is 13.0 Å². The topological polar surface area (TPSA) is 55.4 Å². The summed E-state index contributed by atoms with van der Waals surface area (Å²) in [5.74, 6) is 6.13. The van der Waals surface area contributed by atoms with Crippen LogP contribution in [0.2, 0.25) is 0 Å². The van der Waals surface area contributed by atoms with Crippen LogP contribution in [0.15, 0.2) is 59.5 Å². The molecule has 0 saturated heterocycles. The fourth-order valence-electron chi connectivity index (χ4n) is 2.44. The first-order chi connectivity index (χ1) is 13.0. The van der Waals surface area contributed by atoms with Crippen molar-refractivity contribution >= 4 is 10.0 Å². The van der Waals surface area contributed by atoms with Crippen LogP contribution < -0.4 is 4.72 Å². The Kier molecular flexibility index (Phi) is 8.53. The number of ether oxygens (including phenoxy) is 1. The third-order valence-corrected chi connectivity index (χ3v) is 5.47. The summed E-state index contributed by atoms with van der Waals surface area (Å²) in [6.07, 6.45) is 2.21. The Balaban J connectivity index is 2.02. The first-order valence-electron chi connectivity index (χ1n) is 9.17. The zero-order valence-corrected chi connectivity index (χ0v) is 16.8. The standard InChI is InChI=1S/C22H27NO3S/c1-3-4-5-9-12-21(18-26-17-20-10-7-6-8-11-20)23-27(24,25)22-15-13-19(2)14-16-22/h6-8,10-11,13-16,21,23H,3-4,12,17-18H2,1-2H3/t21-/m0/s1. The van der Waals surface area contributed by atoms with Crippen molar-refractivity contribution in [3.05, 3.63) is 65.7 Å². The Bertz CT molecular complexity index is 850. The van der Waals surface area contributed by atoms with E-state index in [4.69, 9.17) is 4.74 Å². The molecule has 1 atom stereocenters. The Labute approximate surface area is 163 Å². The number of rotatable bonds is 9. The van der Waals surface area contributed by atoms with E-state index >= 15 is 0 Å². The molecule has 0 spiro atoms. The molecule has 0 radical (unpaired) electrons. The minimum absolute atomic E-state index is 0.252. The number of hydrogen-bond acceptors (Lipinski definition) is 3. The third kappa shape index (κ3) is 7.56. The first kappa shape index (κ1) is 21.2. The molecule has 0 aliphatic rings. The fraction of sp³-hybridized carbons (Fsp3) is 0.364. The molecule has 0 unspecified atom stereocenters. The van der Waals surface area contributed by atoms with Crippen LogP contribution in [-0.2, 0) is 21.4 Å². The van der Waals surface area contributed by atoms with Crippen LogP contribution in [-0.4, -0.2) is 21.1 Å². The molecule has 0 aliphatic heterocycles. The smallest absolute Gasteiger partial charge is 0.240 e. The second-order valence-electron chi connectivity index (χ2n) is 6.44. The summed E-state index contributed by atoms with van der Waals surface area (Å²) in [6.45, 7) is 4.69. The van der Waals surface area contributed by atoms with Crippen molar-refractivity contribution in [3.8, 4) is 11.8 Å². The Morgan fingerprint density at radius 1 is 1.04 bits per heavy atom. The molecule has 2 aromatic carbocycles. The number of hydrogen-bond donors (Lipinski definition) is 1. The quantitative estimate of drug-likeness (QED) is 0.663. The molecule has 0 heterocycles. The van der Waals surface area contributed by atoms with Crippen LogP contribution in [0, 0.1) is 18.8 Å². The van der Waals surface area contributed by atoms with Gasteiger partial charge in [-0.2, -0.15) is 0 Å². The third-order valence-electron chi connectivity index (χ3n) is 3.93. The maximum atomic E-state index is 12.7. The molecule has 0 fully saturated rings. The van der Waals surface area contributed by atoms with E-state index in [1.807, 2.05) is 37.3 Å². The monoisotopic (exact) mass is 385 g/mol. The molecule has 2 rings (SSSR count). The molecule has 0 amide bonds. The van der Waals surface area contributed by atoms with E-state index in [9.17, 15) is 8.42 Å². The van der Waals surface area contributed by atoms with Crippen LogP contribution in [0.3, 0.4) is 0 Å². The van der Waals surface area contributed by atoms with Crippen LogP contribution >= 0.6 is 0 Å². The molecule has 5 heteroatoms. The molecular weight excluding hydrogens is 358 g/mol. The van der Waals surface area contributed by atoms with Gasteiger partial charge in [0.2, 0.25) is 10.0 Å². The predicted molar refractivity (Wildman–Crippen MR) is 109 cm³/mol. The van der Waals surface area contributed by atoms with Crippen LogP contribution in [0.25, 0.3) is 0 Å². The molecular formula is C22H27NO3S. The summed E-state index contributed by atoms with van der Waals surface area (Å²) in [5.41, 5.74) is 2.07. The van der Waals surface area contributed by atoms with Crippen LogP contribution in [0.5, 0.6) is 0 Å². The predicted octanol–water partition coefficient (Wildman–Crippen LogP) is 4.05. The highest BCUT2D eigenvalue weighted by Crippen LogP contribution is 2.12. The van der Waals surface area contributed by atoms with Gasteiger partial charge in [-0.05, 0) is 31.0 Å². The average Bonchev–Trinajstić information content (AvgIpc) is 2.66. The summed E-state index contributed by atoms with van der Waals surface area (Å²) in [4.78, 5) is 0.252. The van der Waals surface area contributed by atoms with Crippen molar-refractivity contribution in [1.29, 1.82) is 0 Å². The maximum Gasteiger partial charge on any atom is 0.240 e. The molecule has 0 aliphatic carbocycles. The second-order valence-corrected chi connectivity index (χ2v) is 8.15. The number of benzene rings is 2. The van der Waals surface area contributed by atoms with Crippen molar-refractivity contribution in [2.75, 3.05) is 6.61 Å². The lowest BCUT2D eigenvalue weighted by molar-refractivity contribution is 0.105. The SMILES string of the molecule is CCCC#CC[C@@H](COCc1ccccc1)NS(=O)(=O)c1ccc(C)cc1. The Hall–Kier alpha value is -2.13. The number of aryl methyl sites for hydroxylation is 1. The van der Waals surface area contributed by atoms with Gasteiger partial charge in [0.05, 0.1) is 24.2 Å². The number of nitrogens with one attached hydrogen (secondary N) is 1. The second kappa shape index (κ2) is 10.9.